The molecule has 1 N–H and O–H groups in total. The molecule has 0 radical (unpaired) electrons. The van der Waals surface area contributed by atoms with Crippen LogP contribution >= 0.6 is 0 Å². The van der Waals surface area contributed by atoms with Crippen molar-refractivity contribution >= 4 is 21.7 Å². The standard InChI is InChI=1S/C16H21FN2O4S/c1-12(20)19-9-2-3-13(11-19)16(21)18-8-10-24(22,23)15-6-4-14(17)5-7-15/h4-7,13H,2-3,8-11H2,1H3,(H,18,21)/t13-/m1/s1. The molecule has 1 atom stereocenters. The lowest BCUT2D eigenvalue weighted by Gasteiger charge is -2.31. The van der Waals surface area contributed by atoms with Crippen molar-refractivity contribution in [2.75, 3.05) is 25.4 Å². The van der Waals surface area contributed by atoms with Crippen molar-refractivity contribution in [3.8, 4) is 0 Å². The van der Waals surface area contributed by atoms with E-state index in [2.05, 4.69) is 5.32 Å². The van der Waals surface area contributed by atoms with Crippen LogP contribution in [0.5, 0.6) is 0 Å². The molecular formula is C16H21FN2O4S. The molecule has 2 rings (SSSR count). The zero-order valence-corrected chi connectivity index (χ0v) is 14.3. The number of benzene rings is 1. The van der Waals surface area contributed by atoms with Gasteiger partial charge in [0, 0.05) is 26.6 Å². The second kappa shape index (κ2) is 7.74. The average Bonchev–Trinajstić information content (AvgIpc) is 2.55. The predicted octanol–water partition coefficient (Wildman–Crippen LogP) is 0.974. The summed E-state index contributed by atoms with van der Waals surface area (Å²) in [4.78, 5) is 25.2. The third-order valence-corrected chi connectivity index (χ3v) is 5.81. The number of halogens is 1. The van der Waals surface area contributed by atoms with Crippen molar-refractivity contribution < 1.29 is 22.4 Å². The lowest BCUT2D eigenvalue weighted by molar-refractivity contribution is -0.133. The molecule has 1 aliphatic heterocycles. The minimum absolute atomic E-state index is 0.0187. The van der Waals surface area contributed by atoms with E-state index in [9.17, 15) is 22.4 Å². The summed E-state index contributed by atoms with van der Waals surface area (Å²) in [5.74, 6) is -1.37. The highest BCUT2D eigenvalue weighted by molar-refractivity contribution is 7.91. The first-order chi connectivity index (χ1) is 11.3. The van der Waals surface area contributed by atoms with Crippen LogP contribution in [-0.4, -0.2) is 50.5 Å². The molecule has 1 saturated heterocycles. The maximum atomic E-state index is 12.8. The number of rotatable bonds is 5. The second-order valence-electron chi connectivity index (χ2n) is 5.87. The second-order valence-corrected chi connectivity index (χ2v) is 7.98. The molecule has 6 nitrogen and oxygen atoms in total. The summed E-state index contributed by atoms with van der Waals surface area (Å²) in [5, 5.41) is 2.62. The number of piperidine rings is 1. The monoisotopic (exact) mass is 356 g/mol. The quantitative estimate of drug-likeness (QED) is 0.797. The largest absolute Gasteiger partial charge is 0.355 e. The number of sulfone groups is 1. The van der Waals surface area contributed by atoms with Gasteiger partial charge in [0.1, 0.15) is 5.82 Å². The van der Waals surface area contributed by atoms with Gasteiger partial charge in [-0.2, -0.15) is 0 Å². The molecule has 0 saturated carbocycles. The fourth-order valence-electron chi connectivity index (χ4n) is 2.69. The van der Waals surface area contributed by atoms with Gasteiger partial charge in [0.2, 0.25) is 11.8 Å². The molecule has 0 spiro atoms. The Kier molecular flexibility index (Phi) is 5.93. The van der Waals surface area contributed by atoms with E-state index in [1.165, 1.54) is 19.1 Å². The average molecular weight is 356 g/mol. The van der Waals surface area contributed by atoms with Crippen molar-refractivity contribution in [1.29, 1.82) is 0 Å². The molecule has 1 aromatic carbocycles. The highest BCUT2D eigenvalue weighted by Crippen LogP contribution is 2.17. The normalized spacial score (nSPS) is 18.2. The zero-order chi connectivity index (χ0) is 17.7. The summed E-state index contributed by atoms with van der Waals surface area (Å²) < 4.78 is 37.1. The van der Waals surface area contributed by atoms with E-state index >= 15 is 0 Å². The van der Waals surface area contributed by atoms with E-state index in [1.54, 1.807) is 4.90 Å². The number of likely N-dealkylation sites (tertiary alicyclic amines) is 1. The van der Waals surface area contributed by atoms with E-state index in [-0.39, 0.29) is 34.9 Å². The molecule has 0 bridgehead atoms. The summed E-state index contributed by atoms with van der Waals surface area (Å²) in [5.41, 5.74) is 0. The minimum atomic E-state index is -3.57. The maximum Gasteiger partial charge on any atom is 0.224 e. The van der Waals surface area contributed by atoms with Crippen molar-refractivity contribution in [1.82, 2.24) is 10.2 Å². The third kappa shape index (κ3) is 4.77. The van der Waals surface area contributed by atoms with Crippen LogP contribution in [0.15, 0.2) is 29.2 Å². The van der Waals surface area contributed by atoms with Crippen LogP contribution in [-0.2, 0) is 19.4 Å². The van der Waals surface area contributed by atoms with E-state index in [1.807, 2.05) is 0 Å². The van der Waals surface area contributed by atoms with Gasteiger partial charge in [-0.05, 0) is 37.1 Å². The maximum absolute atomic E-state index is 12.8. The van der Waals surface area contributed by atoms with Gasteiger partial charge in [0.15, 0.2) is 9.84 Å². The van der Waals surface area contributed by atoms with Gasteiger partial charge in [-0.3, -0.25) is 9.59 Å². The Morgan fingerprint density at radius 2 is 1.96 bits per heavy atom. The molecule has 1 aliphatic rings. The highest BCUT2D eigenvalue weighted by atomic mass is 32.2. The first-order valence-corrected chi connectivity index (χ1v) is 9.46. The van der Waals surface area contributed by atoms with Crippen LogP contribution in [0.25, 0.3) is 0 Å². The van der Waals surface area contributed by atoms with Crippen molar-refractivity contribution in [3.05, 3.63) is 30.1 Å². The molecular weight excluding hydrogens is 335 g/mol. The zero-order valence-electron chi connectivity index (χ0n) is 13.5. The smallest absolute Gasteiger partial charge is 0.224 e. The van der Waals surface area contributed by atoms with Gasteiger partial charge in [0.05, 0.1) is 16.6 Å². The van der Waals surface area contributed by atoms with E-state index in [0.29, 0.717) is 19.5 Å². The van der Waals surface area contributed by atoms with Gasteiger partial charge in [-0.1, -0.05) is 0 Å². The van der Waals surface area contributed by atoms with Crippen LogP contribution < -0.4 is 5.32 Å². The van der Waals surface area contributed by atoms with Crippen LogP contribution in [0, 0.1) is 11.7 Å². The molecule has 2 amide bonds. The van der Waals surface area contributed by atoms with E-state index in [4.69, 9.17) is 0 Å². The van der Waals surface area contributed by atoms with E-state index in [0.717, 1.165) is 18.6 Å². The Hall–Kier alpha value is -1.96. The number of hydrogen-bond donors (Lipinski definition) is 1. The van der Waals surface area contributed by atoms with E-state index < -0.39 is 15.7 Å². The van der Waals surface area contributed by atoms with Gasteiger partial charge in [-0.15, -0.1) is 0 Å². The Morgan fingerprint density at radius 3 is 2.58 bits per heavy atom. The van der Waals surface area contributed by atoms with Crippen LogP contribution in [0.4, 0.5) is 4.39 Å². The van der Waals surface area contributed by atoms with Crippen molar-refractivity contribution in [3.63, 3.8) is 0 Å². The molecule has 1 aromatic rings. The summed E-state index contributed by atoms with van der Waals surface area (Å²) in [7, 11) is -3.57. The van der Waals surface area contributed by atoms with Crippen molar-refractivity contribution in [2.45, 2.75) is 24.7 Å². The topological polar surface area (TPSA) is 83.6 Å². The highest BCUT2D eigenvalue weighted by Gasteiger charge is 2.27. The number of amides is 2. The molecule has 0 aliphatic carbocycles. The molecule has 0 aromatic heterocycles. The van der Waals surface area contributed by atoms with Gasteiger partial charge < -0.3 is 10.2 Å². The fraction of sp³-hybridized carbons (Fsp3) is 0.500. The van der Waals surface area contributed by atoms with Crippen LogP contribution in [0.1, 0.15) is 19.8 Å². The summed E-state index contributed by atoms with van der Waals surface area (Å²) in [6.07, 6.45) is 1.44. The Morgan fingerprint density at radius 1 is 1.29 bits per heavy atom. The van der Waals surface area contributed by atoms with Gasteiger partial charge in [-0.25, -0.2) is 12.8 Å². The predicted molar refractivity (Wildman–Crippen MR) is 86.4 cm³/mol. The molecule has 132 valence electrons. The lowest BCUT2D eigenvalue weighted by Crippen LogP contribution is -2.45. The molecule has 24 heavy (non-hydrogen) atoms. The molecule has 0 unspecified atom stereocenters. The van der Waals surface area contributed by atoms with Gasteiger partial charge in [0.25, 0.3) is 0 Å². The number of hydrogen-bond acceptors (Lipinski definition) is 4. The van der Waals surface area contributed by atoms with Gasteiger partial charge >= 0.3 is 0 Å². The third-order valence-electron chi connectivity index (χ3n) is 4.08. The SMILES string of the molecule is CC(=O)N1CCC[C@@H](C(=O)NCCS(=O)(=O)c2ccc(F)cc2)C1. The van der Waals surface area contributed by atoms with Crippen LogP contribution in [0.2, 0.25) is 0 Å². The fourth-order valence-corrected chi connectivity index (χ4v) is 3.85. The number of nitrogens with one attached hydrogen (secondary N) is 1. The summed E-state index contributed by atoms with van der Waals surface area (Å²) in [6, 6.07) is 4.59. The molecule has 8 heteroatoms. The summed E-state index contributed by atoms with van der Waals surface area (Å²) in [6.45, 7) is 2.47. The molecule has 1 heterocycles. The first-order valence-electron chi connectivity index (χ1n) is 7.81. The van der Waals surface area contributed by atoms with Crippen molar-refractivity contribution in [2.24, 2.45) is 5.92 Å². The number of nitrogens with zero attached hydrogens (tertiary/aromatic N) is 1. The Balaban J connectivity index is 1.85. The molecule has 1 fully saturated rings. The number of carbonyl (C=O) groups excluding carboxylic acids is 2. The Bertz CT molecular complexity index is 703. The first kappa shape index (κ1) is 18.4. The van der Waals surface area contributed by atoms with Crippen LogP contribution in [0.3, 0.4) is 0 Å². The number of carbonyl (C=O) groups is 2. The summed E-state index contributed by atoms with van der Waals surface area (Å²) >= 11 is 0. The lowest BCUT2D eigenvalue weighted by atomic mass is 9.97. The minimum Gasteiger partial charge on any atom is -0.355 e. The Labute approximate surface area is 140 Å².